The van der Waals surface area contributed by atoms with E-state index in [-0.39, 0.29) is 18.6 Å². The molecule has 0 aliphatic heterocycles. The van der Waals surface area contributed by atoms with Crippen LogP contribution in [0.25, 0.3) is 0 Å². The van der Waals surface area contributed by atoms with E-state index in [1.165, 1.54) is 16.9 Å². The number of amides is 1. The molecule has 0 fully saturated rings. The summed E-state index contributed by atoms with van der Waals surface area (Å²) in [5.74, 6) is 0.0571. The van der Waals surface area contributed by atoms with E-state index in [0.29, 0.717) is 6.42 Å². The Bertz CT molecular complexity index is 629. The van der Waals surface area contributed by atoms with Crippen molar-refractivity contribution >= 4 is 17.2 Å². The summed E-state index contributed by atoms with van der Waals surface area (Å²) in [4.78, 5) is 16.8. The van der Waals surface area contributed by atoms with Crippen LogP contribution in [0.15, 0.2) is 36.4 Å². The Hall–Kier alpha value is -1.65. The fourth-order valence-electron chi connectivity index (χ4n) is 3.13. The van der Waals surface area contributed by atoms with Crippen molar-refractivity contribution in [1.82, 2.24) is 4.90 Å². The third kappa shape index (κ3) is 2.94. The van der Waals surface area contributed by atoms with Gasteiger partial charge in [0.2, 0.25) is 0 Å². The topological polar surface area (TPSA) is 40.5 Å². The first-order valence-corrected chi connectivity index (χ1v) is 8.57. The van der Waals surface area contributed by atoms with Gasteiger partial charge in [-0.25, -0.2) is 0 Å². The van der Waals surface area contributed by atoms with E-state index in [4.69, 9.17) is 0 Å². The van der Waals surface area contributed by atoms with Gasteiger partial charge < -0.3 is 10.0 Å². The van der Waals surface area contributed by atoms with Gasteiger partial charge in [-0.1, -0.05) is 30.3 Å². The van der Waals surface area contributed by atoms with Crippen LogP contribution >= 0.6 is 11.3 Å². The maximum Gasteiger partial charge on any atom is 0.264 e. The minimum Gasteiger partial charge on any atom is -0.396 e. The summed E-state index contributed by atoms with van der Waals surface area (Å²) in [5, 5.41) is 9.36. The molecular weight excluding hydrogens is 294 g/mol. The fourth-order valence-corrected chi connectivity index (χ4v) is 4.37. The smallest absolute Gasteiger partial charge is 0.264 e. The second-order valence-corrected chi connectivity index (χ2v) is 6.90. The molecule has 1 heterocycles. The molecule has 1 aliphatic rings. The maximum atomic E-state index is 12.8. The number of carbonyl (C=O) groups excluding carboxylic acids is 1. The van der Waals surface area contributed by atoms with Crippen molar-refractivity contribution in [3.05, 3.63) is 57.3 Å². The van der Waals surface area contributed by atoms with Gasteiger partial charge in [0.05, 0.1) is 10.9 Å². The SMILES string of the molecule is CN(C(=O)c1cc2c(s1)CCC2)C(CCO)c1ccccc1. The van der Waals surface area contributed by atoms with E-state index < -0.39 is 0 Å². The Morgan fingerprint density at radius 1 is 1.32 bits per heavy atom. The van der Waals surface area contributed by atoms with Crippen LogP contribution in [0.1, 0.15) is 44.6 Å². The predicted molar refractivity (Wildman–Crippen MR) is 89.3 cm³/mol. The molecule has 4 heteroatoms. The molecule has 0 saturated heterocycles. The van der Waals surface area contributed by atoms with Crippen LogP contribution < -0.4 is 0 Å². The normalized spacial score (nSPS) is 14.6. The number of fused-ring (bicyclic) bond motifs is 1. The number of hydrogen-bond acceptors (Lipinski definition) is 3. The number of carbonyl (C=O) groups is 1. The van der Waals surface area contributed by atoms with Crippen molar-refractivity contribution in [3.8, 4) is 0 Å². The van der Waals surface area contributed by atoms with Gasteiger partial charge in [0.15, 0.2) is 0 Å². The summed E-state index contributed by atoms with van der Waals surface area (Å²) in [5.41, 5.74) is 2.41. The minimum atomic E-state index is -0.0874. The van der Waals surface area contributed by atoms with Crippen molar-refractivity contribution < 1.29 is 9.90 Å². The second-order valence-electron chi connectivity index (χ2n) is 5.77. The number of rotatable bonds is 5. The summed E-state index contributed by atoms with van der Waals surface area (Å²) in [6.07, 6.45) is 3.97. The monoisotopic (exact) mass is 315 g/mol. The third-order valence-corrected chi connectivity index (χ3v) is 5.56. The van der Waals surface area contributed by atoms with Crippen LogP contribution in [0.4, 0.5) is 0 Å². The molecule has 3 nitrogen and oxygen atoms in total. The number of benzene rings is 1. The van der Waals surface area contributed by atoms with Crippen LogP contribution in [0.5, 0.6) is 0 Å². The summed E-state index contributed by atoms with van der Waals surface area (Å²) >= 11 is 1.64. The maximum absolute atomic E-state index is 12.8. The first-order valence-electron chi connectivity index (χ1n) is 7.75. The highest BCUT2D eigenvalue weighted by Crippen LogP contribution is 2.33. The lowest BCUT2D eigenvalue weighted by Crippen LogP contribution is -2.31. The average molecular weight is 315 g/mol. The molecule has 0 radical (unpaired) electrons. The van der Waals surface area contributed by atoms with Crippen LogP contribution in [0, 0.1) is 0 Å². The first-order chi connectivity index (χ1) is 10.7. The van der Waals surface area contributed by atoms with Crippen LogP contribution in [0.3, 0.4) is 0 Å². The Morgan fingerprint density at radius 3 is 2.77 bits per heavy atom. The number of thiophene rings is 1. The zero-order chi connectivity index (χ0) is 15.5. The summed E-state index contributed by atoms with van der Waals surface area (Å²) in [6.45, 7) is 0.0676. The summed E-state index contributed by atoms with van der Waals surface area (Å²) in [6, 6.07) is 11.9. The van der Waals surface area contributed by atoms with Gasteiger partial charge in [0.25, 0.3) is 5.91 Å². The largest absolute Gasteiger partial charge is 0.396 e. The van der Waals surface area contributed by atoms with E-state index in [9.17, 15) is 9.90 Å². The molecule has 1 aromatic carbocycles. The van der Waals surface area contributed by atoms with Crippen molar-refractivity contribution in [1.29, 1.82) is 0 Å². The molecule has 2 aromatic rings. The number of nitrogens with zero attached hydrogens (tertiary/aromatic N) is 1. The van der Waals surface area contributed by atoms with E-state index in [1.807, 2.05) is 37.4 Å². The molecule has 1 aliphatic carbocycles. The highest BCUT2D eigenvalue weighted by Gasteiger charge is 2.25. The summed E-state index contributed by atoms with van der Waals surface area (Å²) in [7, 11) is 1.83. The van der Waals surface area contributed by atoms with Gasteiger partial charge in [0, 0.05) is 18.5 Å². The summed E-state index contributed by atoms with van der Waals surface area (Å²) < 4.78 is 0. The van der Waals surface area contributed by atoms with E-state index in [1.54, 1.807) is 16.2 Å². The quantitative estimate of drug-likeness (QED) is 0.918. The number of aryl methyl sites for hydroxylation is 2. The number of aliphatic hydroxyl groups is 1. The Morgan fingerprint density at radius 2 is 2.09 bits per heavy atom. The van der Waals surface area contributed by atoms with Crippen molar-refractivity contribution in [2.24, 2.45) is 0 Å². The van der Waals surface area contributed by atoms with E-state index >= 15 is 0 Å². The molecule has 0 spiro atoms. The fraction of sp³-hybridized carbons (Fsp3) is 0.389. The highest BCUT2D eigenvalue weighted by molar-refractivity contribution is 7.14. The van der Waals surface area contributed by atoms with Gasteiger partial charge in [-0.2, -0.15) is 0 Å². The lowest BCUT2D eigenvalue weighted by atomic mass is 10.0. The van der Waals surface area contributed by atoms with Crippen LogP contribution in [-0.2, 0) is 12.8 Å². The van der Waals surface area contributed by atoms with Crippen molar-refractivity contribution in [2.75, 3.05) is 13.7 Å². The standard InChI is InChI=1S/C18H21NO2S/c1-19(15(10-11-20)13-6-3-2-4-7-13)18(21)17-12-14-8-5-9-16(14)22-17/h2-4,6-7,12,15,20H,5,8-11H2,1H3. The van der Waals surface area contributed by atoms with Gasteiger partial charge in [-0.05, 0) is 42.9 Å². The molecule has 1 unspecified atom stereocenters. The lowest BCUT2D eigenvalue weighted by molar-refractivity contribution is 0.0710. The van der Waals surface area contributed by atoms with Crippen molar-refractivity contribution in [2.45, 2.75) is 31.7 Å². The molecule has 3 rings (SSSR count). The molecule has 1 atom stereocenters. The van der Waals surface area contributed by atoms with Crippen LogP contribution in [-0.4, -0.2) is 29.6 Å². The minimum absolute atomic E-state index is 0.0571. The number of aliphatic hydroxyl groups excluding tert-OH is 1. The second kappa shape index (κ2) is 6.63. The number of hydrogen-bond donors (Lipinski definition) is 1. The zero-order valence-electron chi connectivity index (χ0n) is 12.8. The lowest BCUT2D eigenvalue weighted by Gasteiger charge is -2.28. The zero-order valence-corrected chi connectivity index (χ0v) is 13.6. The Kier molecular flexibility index (Phi) is 4.60. The predicted octanol–water partition coefficient (Wildman–Crippen LogP) is 3.43. The van der Waals surface area contributed by atoms with Gasteiger partial charge in [0.1, 0.15) is 0 Å². The van der Waals surface area contributed by atoms with Gasteiger partial charge in [-0.3, -0.25) is 4.79 Å². The van der Waals surface area contributed by atoms with Crippen molar-refractivity contribution in [3.63, 3.8) is 0 Å². The molecule has 116 valence electrons. The molecule has 1 amide bonds. The van der Waals surface area contributed by atoms with Gasteiger partial charge >= 0.3 is 0 Å². The third-order valence-electron chi connectivity index (χ3n) is 4.33. The Labute approximate surface area is 135 Å². The van der Waals surface area contributed by atoms with Gasteiger partial charge in [-0.15, -0.1) is 11.3 Å². The molecule has 1 aromatic heterocycles. The van der Waals surface area contributed by atoms with Crippen LogP contribution in [0.2, 0.25) is 0 Å². The average Bonchev–Trinajstić information content (AvgIpc) is 3.13. The first kappa shape index (κ1) is 15.3. The molecule has 0 saturated carbocycles. The Balaban J connectivity index is 1.82. The highest BCUT2D eigenvalue weighted by atomic mass is 32.1. The molecule has 22 heavy (non-hydrogen) atoms. The van der Waals surface area contributed by atoms with E-state index in [0.717, 1.165) is 23.3 Å². The molecular formula is C18H21NO2S. The molecule has 1 N–H and O–H groups in total. The molecule has 0 bridgehead atoms. The van der Waals surface area contributed by atoms with E-state index in [2.05, 4.69) is 6.07 Å².